The van der Waals surface area contributed by atoms with Crippen LogP contribution in [0.1, 0.15) is 12.8 Å². The van der Waals surface area contributed by atoms with E-state index in [9.17, 15) is 18.0 Å². The number of carbonyl (C=O) groups is 2. The van der Waals surface area contributed by atoms with Crippen LogP contribution in [0.4, 0.5) is 0 Å². The Hall–Kier alpha value is -1.41. The van der Waals surface area contributed by atoms with Gasteiger partial charge >= 0.3 is 5.97 Å². The highest BCUT2D eigenvalue weighted by Gasteiger charge is 2.50. The number of carbonyl (C=O) groups excluding carboxylic acids is 1. The molecule has 1 amide bonds. The number of hydrogen-bond donors (Lipinski definition) is 3. The van der Waals surface area contributed by atoms with E-state index in [4.69, 9.17) is 15.4 Å². The minimum absolute atomic E-state index is 0.607. The van der Waals surface area contributed by atoms with E-state index < -0.39 is 39.6 Å². The van der Waals surface area contributed by atoms with Gasteiger partial charge in [-0.25, -0.2) is 0 Å². The fourth-order valence-corrected chi connectivity index (χ4v) is 1.93. The van der Waals surface area contributed by atoms with Gasteiger partial charge in [-0.1, -0.05) is 6.08 Å². The summed E-state index contributed by atoms with van der Waals surface area (Å²) in [7, 11) is -4.95. The van der Waals surface area contributed by atoms with Crippen molar-refractivity contribution in [2.24, 2.45) is 5.73 Å². The monoisotopic (exact) mass is 237 g/mol. The molecule has 0 aromatic rings. The molecular formula is C7H11NO6S. The van der Waals surface area contributed by atoms with Gasteiger partial charge in [-0.3, -0.25) is 14.1 Å². The van der Waals surface area contributed by atoms with Crippen LogP contribution in [0.3, 0.4) is 0 Å². The summed E-state index contributed by atoms with van der Waals surface area (Å²) in [5.41, 5.74) is 4.73. The molecule has 0 aliphatic heterocycles. The summed E-state index contributed by atoms with van der Waals surface area (Å²) in [5.74, 6) is -2.99. The smallest absolute Gasteiger partial charge is 0.328 e. The molecule has 0 aliphatic rings. The number of carboxylic acids is 1. The first-order valence-electron chi connectivity index (χ1n) is 3.77. The van der Waals surface area contributed by atoms with Crippen LogP contribution in [-0.4, -0.2) is 34.7 Å². The molecule has 0 aromatic heterocycles. The Morgan fingerprint density at radius 2 is 1.93 bits per heavy atom. The van der Waals surface area contributed by atoms with Crippen molar-refractivity contribution in [1.82, 2.24) is 0 Å². The fraction of sp³-hybridized carbons (Fsp3) is 0.429. The summed E-state index contributed by atoms with van der Waals surface area (Å²) >= 11 is 0. The quantitative estimate of drug-likeness (QED) is 0.406. The second-order valence-electron chi connectivity index (χ2n) is 2.91. The minimum atomic E-state index is -4.95. The second kappa shape index (κ2) is 4.41. The Kier molecular flexibility index (Phi) is 3.99. The largest absolute Gasteiger partial charge is 0.480 e. The van der Waals surface area contributed by atoms with Crippen molar-refractivity contribution < 1.29 is 27.7 Å². The van der Waals surface area contributed by atoms with Gasteiger partial charge < -0.3 is 10.8 Å². The predicted octanol–water partition coefficient (Wildman–Crippen LogP) is -0.851. The average Bonchev–Trinajstić information content (AvgIpc) is 1.99. The van der Waals surface area contributed by atoms with Crippen molar-refractivity contribution in [3.05, 3.63) is 12.7 Å². The van der Waals surface area contributed by atoms with Crippen molar-refractivity contribution in [3.8, 4) is 0 Å². The Morgan fingerprint density at radius 1 is 1.47 bits per heavy atom. The number of aliphatic carboxylic acids is 1. The highest BCUT2D eigenvalue weighted by Crippen LogP contribution is 2.26. The number of nitrogens with two attached hydrogens (primary N) is 1. The van der Waals surface area contributed by atoms with Crippen molar-refractivity contribution in [2.45, 2.75) is 17.6 Å². The van der Waals surface area contributed by atoms with Crippen LogP contribution in [0, 0.1) is 0 Å². The third-order valence-corrected chi connectivity index (χ3v) is 3.29. The van der Waals surface area contributed by atoms with E-state index in [1.807, 2.05) is 0 Å². The molecule has 0 saturated carbocycles. The third kappa shape index (κ3) is 2.77. The SMILES string of the molecule is C=CCC(CC(N)=O)(C(=O)O)S(=O)(=O)O. The molecule has 4 N–H and O–H groups in total. The summed E-state index contributed by atoms with van der Waals surface area (Å²) in [6.07, 6.45) is -0.637. The molecule has 8 heteroatoms. The van der Waals surface area contributed by atoms with Crippen LogP contribution >= 0.6 is 0 Å². The Labute approximate surface area is 86.3 Å². The van der Waals surface area contributed by atoms with Crippen LogP contribution in [0.25, 0.3) is 0 Å². The standard InChI is InChI=1S/C7H11NO6S/c1-2-3-7(6(10)11,4-5(8)9)15(12,13)14/h2H,1,3-4H2,(H2,8,9)(H,10,11)(H,12,13,14). The third-order valence-electron chi connectivity index (χ3n) is 1.82. The number of carboxylic acid groups (broad SMARTS) is 1. The maximum absolute atomic E-state index is 10.9. The molecule has 15 heavy (non-hydrogen) atoms. The lowest BCUT2D eigenvalue weighted by atomic mass is 10.0. The average molecular weight is 237 g/mol. The van der Waals surface area contributed by atoms with Crippen LogP contribution in [0.15, 0.2) is 12.7 Å². The van der Waals surface area contributed by atoms with Gasteiger partial charge in [0.15, 0.2) is 0 Å². The second-order valence-corrected chi connectivity index (χ2v) is 4.64. The van der Waals surface area contributed by atoms with E-state index in [1.54, 1.807) is 0 Å². The fourth-order valence-electron chi connectivity index (χ4n) is 1.06. The molecule has 0 bridgehead atoms. The van der Waals surface area contributed by atoms with Gasteiger partial charge in [0, 0.05) is 0 Å². The molecule has 0 fully saturated rings. The molecule has 0 saturated heterocycles. The highest BCUT2D eigenvalue weighted by atomic mass is 32.2. The van der Waals surface area contributed by atoms with Gasteiger partial charge in [-0.05, 0) is 6.42 Å². The molecule has 0 aromatic carbocycles. The van der Waals surface area contributed by atoms with E-state index in [2.05, 4.69) is 6.58 Å². The van der Waals surface area contributed by atoms with E-state index >= 15 is 0 Å². The van der Waals surface area contributed by atoms with E-state index in [-0.39, 0.29) is 0 Å². The zero-order chi connectivity index (χ0) is 12.3. The molecule has 0 spiro atoms. The highest BCUT2D eigenvalue weighted by molar-refractivity contribution is 7.88. The lowest BCUT2D eigenvalue weighted by Gasteiger charge is -2.22. The first-order valence-corrected chi connectivity index (χ1v) is 5.21. The summed E-state index contributed by atoms with van der Waals surface area (Å²) < 4.78 is 28.1. The summed E-state index contributed by atoms with van der Waals surface area (Å²) in [6, 6.07) is 0. The molecule has 1 atom stereocenters. The maximum atomic E-state index is 10.9. The van der Waals surface area contributed by atoms with Crippen LogP contribution < -0.4 is 5.73 Å². The first kappa shape index (κ1) is 13.6. The summed E-state index contributed by atoms with van der Waals surface area (Å²) in [5, 5.41) is 8.74. The predicted molar refractivity (Wildman–Crippen MR) is 50.5 cm³/mol. The first-order chi connectivity index (χ1) is 6.67. The maximum Gasteiger partial charge on any atom is 0.328 e. The summed E-state index contributed by atoms with van der Waals surface area (Å²) in [6.45, 7) is 3.16. The van der Waals surface area contributed by atoms with Crippen molar-refractivity contribution >= 4 is 22.0 Å². The van der Waals surface area contributed by atoms with Crippen LogP contribution in [0.2, 0.25) is 0 Å². The van der Waals surface area contributed by atoms with E-state index in [1.165, 1.54) is 0 Å². The van der Waals surface area contributed by atoms with E-state index in [0.717, 1.165) is 6.08 Å². The molecule has 1 unspecified atom stereocenters. The normalized spacial score (nSPS) is 15.3. The lowest BCUT2D eigenvalue weighted by molar-refractivity contribution is -0.142. The van der Waals surface area contributed by atoms with Crippen LogP contribution in [0.5, 0.6) is 0 Å². The number of primary amides is 1. The number of amides is 1. The Morgan fingerprint density at radius 3 is 2.13 bits per heavy atom. The molecule has 0 radical (unpaired) electrons. The molecule has 0 heterocycles. The van der Waals surface area contributed by atoms with Crippen molar-refractivity contribution in [1.29, 1.82) is 0 Å². The number of hydrogen-bond acceptors (Lipinski definition) is 4. The molecule has 0 rings (SSSR count). The minimum Gasteiger partial charge on any atom is -0.480 e. The van der Waals surface area contributed by atoms with Crippen molar-refractivity contribution in [2.75, 3.05) is 0 Å². The Bertz CT molecular complexity index is 386. The molecular weight excluding hydrogens is 226 g/mol. The van der Waals surface area contributed by atoms with Gasteiger partial charge in [-0.15, -0.1) is 6.58 Å². The van der Waals surface area contributed by atoms with Gasteiger partial charge in [-0.2, -0.15) is 8.42 Å². The zero-order valence-electron chi connectivity index (χ0n) is 7.71. The lowest BCUT2D eigenvalue weighted by Crippen LogP contribution is -2.48. The number of allylic oxidation sites excluding steroid dienone is 1. The number of rotatable bonds is 6. The molecule has 86 valence electrons. The van der Waals surface area contributed by atoms with Crippen LogP contribution in [-0.2, 0) is 19.7 Å². The van der Waals surface area contributed by atoms with Crippen molar-refractivity contribution in [3.63, 3.8) is 0 Å². The van der Waals surface area contributed by atoms with Gasteiger partial charge in [0.2, 0.25) is 10.7 Å². The van der Waals surface area contributed by atoms with Gasteiger partial charge in [0.1, 0.15) is 0 Å². The van der Waals surface area contributed by atoms with Gasteiger partial charge in [0.25, 0.3) is 10.1 Å². The summed E-state index contributed by atoms with van der Waals surface area (Å²) in [4.78, 5) is 21.4. The molecule has 7 nitrogen and oxygen atoms in total. The zero-order valence-corrected chi connectivity index (χ0v) is 8.53. The topological polar surface area (TPSA) is 135 Å². The molecule has 0 aliphatic carbocycles. The van der Waals surface area contributed by atoms with Gasteiger partial charge in [0.05, 0.1) is 6.42 Å². The van der Waals surface area contributed by atoms with E-state index in [0.29, 0.717) is 0 Å². The Balaban J connectivity index is 5.58.